The third-order valence-electron chi connectivity index (χ3n) is 5.72. The van der Waals surface area contributed by atoms with Gasteiger partial charge in [-0.05, 0) is 76.3 Å². The van der Waals surface area contributed by atoms with Crippen molar-refractivity contribution in [3.63, 3.8) is 0 Å². The van der Waals surface area contributed by atoms with Gasteiger partial charge >= 0.3 is 5.97 Å². The van der Waals surface area contributed by atoms with Gasteiger partial charge in [0.2, 0.25) is 0 Å². The Hall–Kier alpha value is -3.63. The van der Waals surface area contributed by atoms with Crippen LogP contribution in [0.1, 0.15) is 34.5 Å². The molecule has 4 rings (SSSR count). The molecule has 0 aliphatic heterocycles. The number of fused-ring (bicyclic) bond motifs is 1. The van der Waals surface area contributed by atoms with E-state index in [2.05, 4.69) is 48.6 Å². The van der Waals surface area contributed by atoms with Crippen LogP contribution in [-0.4, -0.2) is 20.2 Å². The highest BCUT2D eigenvalue weighted by Gasteiger charge is 2.12. The van der Waals surface area contributed by atoms with Gasteiger partial charge in [0.15, 0.2) is 0 Å². The maximum Gasteiger partial charge on any atom is 0.337 e. The highest BCUT2D eigenvalue weighted by Crippen LogP contribution is 2.31. The van der Waals surface area contributed by atoms with Crippen molar-refractivity contribution in [1.82, 2.24) is 5.32 Å². The van der Waals surface area contributed by atoms with Gasteiger partial charge in [-0.2, -0.15) is 0 Å². The van der Waals surface area contributed by atoms with Crippen molar-refractivity contribution in [3.8, 4) is 16.9 Å². The smallest absolute Gasteiger partial charge is 0.337 e. The molecule has 0 radical (unpaired) electrons. The molecule has 4 heteroatoms. The minimum atomic E-state index is -0.332. The van der Waals surface area contributed by atoms with Crippen molar-refractivity contribution < 1.29 is 14.3 Å². The highest BCUT2D eigenvalue weighted by atomic mass is 16.5. The lowest BCUT2D eigenvalue weighted by Gasteiger charge is -2.17. The molecule has 0 aliphatic carbocycles. The predicted octanol–water partition coefficient (Wildman–Crippen LogP) is 6.15. The van der Waals surface area contributed by atoms with Gasteiger partial charge < -0.3 is 14.8 Å². The summed E-state index contributed by atoms with van der Waals surface area (Å²) in [4.78, 5) is 12.0. The molecule has 0 spiro atoms. The molecule has 0 saturated heterocycles. The second-order valence-corrected chi connectivity index (χ2v) is 7.82. The Labute approximate surface area is 188 Å². The van der Waals surface area contributed by atoms with Crippen LogP contribution in [0.5, 0.6) is 5.75 Å². The van der Waals surface area contributed by atoms with E-state index in [1.165, 1.54) is 23.6 Å². The largest absolute Gasteiger partial charge is 0.497 e. The summed E-state index contributed by atoms with van der Waals surface area (Å²) in [6.07, 6.45) is 0. The summed E-state index contributed by atoms with van der Waals surface area (Å²) in [7, 11) is 3.09. The first-order valence-electron chi connectivity index (χ1n) is 10.7. The molecule has 0 heterocycles. The van der Waals surface area contributed by atoms with Crippen molar-refractivity contribution in [1.29, 1.82) is 0 Å². The first-order valence-corrected chi connectivity index (χ1v) is 10.7. The van der Waals surface area contributed by atoms with Crippen LogP contribution in [0.4, 0.5) is 0 Å². The van der Waals surface area contributed by atoms with Crippen LogP contribution in [0.25, 0.3) is 21.9 Å². The molecule has 0 fully saturated rings. The standard InChI is InChI=1S/C28H27NO3/c1-19(21-9-7-12-25(17-21)31-2)29-18-20-14-22-8-4-5-13-26(22)27(15-20)23-10-6-11-24(16-23)28(30)32-3/h4-17,19,29H,18H2,1-3H3/t19-/m1/s1. The van der Waals surface area contributed by atoms with E-state index >= 15 is 0 Å². The summed E-state index contributed by atoms with van der Waals surface area (Å²) in [6.45, 7) is 2.86. The molecule has 0 aromatic heterocycles. The zero-order valence-electron chi connectivity index (χ0n) is 18.6. The van der Waals surface area contributed by atoms with E-state index in [0.29, 0.717) is 12.1 Å². The van der Waals surface area contributed by atoms with Crippen molar-refractivity contribution in [3.05, 3.63) is 102 Å². The van der Waals surface area contributed by atoms with Crippen LogP contribution < -0.4 is 10.1 Å². The highest BCUT2D eigenvalue weighted by molar-refractivity contribution is 5.99. The lowest BCUT2D eigenvalue weighted by atomic mass is 9.94. The second kappa shape index (κ2) is 9.67. The Bertz CT molecular complexity index is 1250. The number of carbonyl (C=O) groups is 1. The summed E-state index contributed by atoms with van der Waals surface area (Å²) >= 11 is 0. The molecule has 0 amide bonds. The monoisotopic (exact) mass is 425 g/mol. The van der Waals surface area contributed by atoms with Gasteiger partial charge in [0.1, 0.15) is 5.75 Å². The van der Waals surface area contributed by atoms with E-state index in [1.54, 1.807) is 13.2 Å². The second-order valence-electron chi connectivity index (χ2n) is 7.82. The first-order chi connectivity index (χ1) is 15.6. The number of hydrogen-bond donors (Lipinski definition) is 1. The number of hydrogen-bond acceptors (Lipinski definition) is 4. The van der Waals surface area contributed by atoms with E-state index in [0.717, 1.165) is 22.3 Å². The van der Waals surface area contributed by atoms with E-state index < -0.39 is 0 Å². The maximum absolute atomic E-state index is 12.0. The Morgan fingerprint density at radius 1 is 0.906 bits per heavy atom. The molecule has 4 aromatic carbocycles. The summed E-state index contributed by atoms with van der Waals surface area (Å²) < 4.78 is 10.3. The number of carbonyl (C=O) groups excluding carboxylic acids is 1. The van der Waals surface area contributed by atoms with Gasteiger partial charge in [0.05, 0.1) is 19.8 Å². The third kappa shape index (κ3) is 4.66. The summed E-state index contributed by atoms with van der Waals surface area (Å²) in [5.41, 5.74) is 4.99. The molecule has 0 bridgehead atoms. The minimum Gasteiger partial charge on any atom is -0.497 e. The normalized spacial score (nSPS) is 11.8. The number of methoxy groups -OCH3 is 2. The molecule has 0 aliphatic rings. The maximum atomic E-state index is 12.0. The molecule has 162 valence electrons. The fourth-order valence-electron chi connectivity index (χ4n) is 3.94. The van der Waals surface area contributed by atoms with Gasteiger partial charge in [-0.25, -0.2) is 4.79 Å². The summed E-state index contributed by atoms with van der Waals surface area (Å²) in [5.74, 6) is 0.524. The minimum absolute atomic E-state index is 0.169. The Balaban J connectivity index is 1.66. The lowest BCUT2D eigenvalue weighted by Crippen LogP contribution is -2.18. The van der Waals surface area contributed by atoms with E-state index in [9.17, 15) is 4.79 Å². The van der Waals surface area contributed by atoms with E-state index in [1.807, 2.05) is 42.5 Å². The molecule has 4 nitrogen and oxygen atoms in total. The lowest BCUT2D eigenvalue weighted by molar-refractivity contribution is 0.0601. The van der Waals surface area contributed by atoms with Gasteiger partial charge in [0.25, 0.3) is 0 Å². The molecule has 0 unspecified atom stereocenters. The molecule has 1 atom stereocenters. The van der Waals surface area contributed by atoms with Crippen LogP contribution in [0, 0.1) is 0 Å². The van der Waals surface area contributed by atoms with Crippen LogP contribution in [-0.2, 0) is 11.3 Å². The first kappa shape index (κ1) is 21.6. The number of nitrogens with one attached hydrogen (secondary N) is 1. The van der Waals surface area contributed by atoms with Gasteiger partial charge in [-0.15, -0.1) is 0 Å². The molecular formula is C28H27NO3. The Kier molecular flexibility index (Phi) is 6.52. The Morgan fingerprint density at radius 2 is 1.72 bits per heavy atom. The summed E-state index contributed by atoms with van der Waals surface area (Å²) in [5, 5.41) is 5.94. The predicted molar refractivity (Wildman–Crippen MR) is 129 cm³/mol. The van der Waals surface area contributed by atoms with Crippen molar-refractivity contribution in [2.75, 3.05) is 14.2 Å². The average molecular weight is 426 g/mol. The number of esters is 1. The molecule has 0 saturated carbocycles. The van der Waals surface area contributed by atoms with Crippen LogP contribution in [0.2, 0.25) is 0 Å². The summed E-state index contributed by atoms with van der Waals surface area (Å²) in [6, 6.07) is 28.6. The van der Waals surface area contributed by atoms with Gasteiger partial charge in [0, 0.05) is 12.6 Å². The zero-order valence-corrected chi connectivity index (χ0v) is 18.6. The quantitative estimate of drug-likeness (QED) is 0.361. The topological polar surface area (TPSA) is 47.6 Å². The zero-order chi connectivity index (χ0) is 22.5. The molecular weight excluding hydrogens is 398 g/mol. The number of ether oxygens (including phenoxy) is 2. The fraction of sp³-hybridized carbons (Fsp3) is 0.179. The SMILES string of the molecule is COC(=O)c1cccc(-c2cc(CN[C@H](C)c3cccc(OC)c3)cc3ccccc23)c1. The van der Waals surface area contributed by atoms with Gasteiger partial charge in [-0.3, -0.25) is 0 Å². The van der Waals surface area contributed by atoms with Crippen LogP contribution >= 0.6 is 0 Å². The number of rotatable bonds is 7. The number of benzene rings is 4. The van der Waals surface area contributed by atoms with Crippen LogP contribution in [0.15, 0.2) is 84.9 Å². The van der Waals surface area contributed by atoms with Crippen molar-refractivity contribution in [2.24, 2.45) is 0 Å². The average Bonchev–Trinajstić information content (AvgIpc) is 2.86. The Morgan fingerprint density at radius 3 is 2.53 bits per heavy atom. The molecule has 4 aromatic rings. The third-order valence-corrected chi connectivity index (χ3v) is 5.72. The van der Waals surface area contributed by atoms with Crippen molar-refractivity contribution in [2.45, 2.75) is 19.5 Å². The fourth-order valence-corrected chi connectivity index (χ4v) is 3.94. The van der Waals surface area contributed by atoms with E-state index in [4.69, 9.17) is 9.47 Å². The van der Waals surface area contributed by atoms with E-state index in [-0.39, 0.29) is 12.0 Å². The molecule has 32 heavy (non-hydrogen) atoms. The van der Waals surface area contributed by atoms with Crippen molar-refractivity contribution >= 4 is 16.7 Å². The molecule has 1 N–H and O–H groups in total. The van der Waals surface area contributed by atoms with Crippen LogP contribution in [0.3, 0.4) is 0 Å². The van der Waals surface area contributed by atoms with Gasteiger partial charge in [-0.1, -0.05) is 48.5 Å².